The van der Waals surface area contributed by atoms with E-state index in [4.69, 9.17) is 11.6 Å². The van der Waals surface area contributed by atoms with Gasteiger partial charge in [-0.1, -0.05) is 55.8 Å². The topological polar surface area (TPSA) is 35.6 Å². The van der Waals surface area contributed by atoms with Gasteiger partial charge in [0.2, 0.25) is 0 Å². The van der Waals surface area contributed by atoms with Gasteiger partial charge in [-0.25, -0.2) is 4.79 Å². The van der Waals surface area contributed by atoms with E-state index in [1.54, 1.807) is 0 Å². The molecule has 2 aromatic rings. The zero-order valence-electron chi connectivity index (χ0n) is 15.4. The molecule has 1 fully saturated rings. The number of carbonyl (C=O) groups is 1. The van der Waals surface area contributed by atoms with E-state index in [0.29, 0.717) is 10.9 Å². The number of para-hydroxylation sites is 1. The number of piperazine rings is 1. The third-order valence-corrected chi connectivity index (χ3v) is 5.11. The van der Waals surface area contributed by atoms with Crippen molar-refractivity contribution >= 4 is 23.3 Å². The van der Waals surface area contributed by atoms with Crippen LogP contribution in [0.25, 0.3) is 0 Å². The van der Waals surface area contributed by atoms with E-state index in [1.807, 2.05) is 47.4 Å². The zero-order chi connectivity index (χ0) is 18.5. The highest BCUT2D eigenvalue weighted by Gasteiger charge is 2.25. The molecule has 1 atom stereocenters. The first-order valence-corrected chi connectivity index (χ1v) is 9.53. The highest BCUT2D eigenvalue weighted by molar-refractivity contribution is 6.30. The maximum absolute atomic E-state index is 12.8. The summed E-state index contributed by atoms with van der Waals surface area (Å²) in [5.74, 6) is 0.297. The number of anilines is 1. The van der Waals surface area contributed by atoms with Crippen molar-refractivity contribution < 1.29 is 4.79 Å². The van der Waals surface area contributed by atoms with E-state index in [1.165, 1.54) is 5.69 Å². The molecule has 0 saturated carbocycles. The van der Waals surface area contributed by atoms with Gasteiger partial charge >= 0.3 is 6.03 Å². The Morgan fingerprint density at radius 3 is 2.15 bits per heavy atom. The van der Waals surface area contributed by atoms with Crippen LogP contribution in [-0.2, 0) is 0 Å². The lowest BCUT2D eigenvalue weighted by atomic mass is 9.96. The lowest BCUT2D eigenvalue weighted by Crippen LogP contribution is -2.52. The van der Waals surface area contributed by atoms with Crippen molar-refractivity contribution in [2.45, 2.75) is 19.9 Å². The minimum absolute atomic E-state index is 0.00589. The summed E-state index contributed by atoms with van der Waals surface area (Å²) in [6, 6.07) is 18.1. The molecular formula is C21H26ClN3O. The Labute approximate surface area is 160 Å². The van der Waals surface area contributed by atoms with Gasteiger partial charge < -0.3 is 15.1 Å². The number of halogens is 1. The van der Waals surface area contributed by atoms with Crippen LogP contribution in [0.2, 0.25) is 5.02 Å². The Balaban J connectivity index is 1.59. The number of hydrogen-bond donors (Lipinski definition) is 1. The minimum Gasteiger partial charge on any atom is -0.368 e. The Kier molecular flexibility index (Phi) is 6.04. The standard InChI is InChI=1S/C21H26ClN3O/c1-16(2)20(17-8-10-18(22)11-9-17)23-21(26)25-14-12-24(13-15-25)19-6-4-3-5-7-19/h3-11,16,20H,12-15H2,1-2H3,(H,23,26). The molecular weight excluding hydrogens is 346 g/mol. The molecule has 1 aliphatic heterocycles. The average Bonchev–Trinajstić information content (AvgIpc) is 2.67. The molecule has 0 aromatic heterocycles. The second kappa shape index (κ2) is 8.45. The highest BCUT2D eigenvalue weighted by atomic mass is 35.5. The fourth-order valence-corrected chi connectivity index (χ4v) is 3.46. The van der Waals surface area contributed by atoms with Gasteiger partial charge in [-0.05, 0) is 35.7 Å². The number of nitrogens with one attached hydrogen (secondary N) is 1. The number of rotatable bonds is 4. The van der Waals surface area contributed by atoms with Crippen molar-refractivity contribution in [3.05, 3.63) is 65.2 Å². The molecule has 26 heavy (non-hydrogen) atoms. The summed E-state index contributed by atoms with van der Waals surface area (Å²) in [6.45, 7) is 7.40. The molecule has 3 rings (SSSR count). The SMILES string of the molecule is CC(C)C(NC(=O)N1CCN(c2ccccc2)CC1)c1ccc(Cl)cc1. The first kappa shape index (κ1) is 18.6. The molecule has 0 spiro atoms. The summed E-state index contributed by atoms with van der Waals surface area (Å²) in [5.41, 5.74) is 2.30. The summed E-state index contributed by atoms with van der Waals surface area (Å²) >= 11 is 5.99. The van der Waals surface area contributed by atoms with Crippen molar-refractivity contribution in [1.29, 1.82) is 0 Å². The van der Waals surface area contributed by atoms with Gasteiger partial charge in [0.05, 0.1) is 6.04 Å². The van der Waals surface area contributed by atoms with E-state index in [2.05, 4.69) is 36.2 Å². The average molecular weight is 372 g/mol. The van der Waals surface area contributed by atoms with Crippen molar-refractivity contribution in [2.24, 2.45) is 5.92 Å². The molecule has 0 aliphatic carbocycles. The summed E-state index contributed by atoms with van der Waals surface area (Å²) in [7, 11) is 0. The van der Waals surface area contributed by atoms with Crippen molar-refractivity contribution in [3.8, 4) is 0 Å². The van der Waals surface area contributed by atoms with Crippen LogP contribution in [0.5, 0.6) is 0 Å². The van der Waals surface area contributed by atoms with Crippen LogP contribution in [0.3, 0.4) is 0 Å². The van der Waals surface area contributed by atoms with E-state index in [0.717, 1.165) is 31.7 Å². The number of urea groups is 1. The Morgan fingerprint density at radius 2 is 1.58 bits per heavy atom. The zero-order valence-corrected chi connectivity index (χ0v) is 16.1. The van der Waals surface area contributed by atoms with Gasteiger partial charge in [0.25, 0.3) is 0 Å². The van der Waals surface area contributed by atoms with E-state index < -0.39 is 0 Å². The van der Waals surface area contributed by atoms with Crippen LogP contribution < -0.4 is 10.2 Å². The number of hydrogen-bond acceptors (Lipinski definition) is 2. The monoisotopic (exact) mass is 371 g/mol. The predicted molar refractivity (Wildman–Crippen MR) is 108 cm³/mol. The summed E-state index contributed by atoms with van der Waals surface area (Å²) < 4.78 is 0. The molecule has 0 radical (unpaired) electrons. The molecule has 1 N–H and O–H groups in total. The van der Waals surface area contributed by atoms with Crippen LogP contribution >= 0.6 is 11.6 Å². The first-order valence-electron chi connectivity index (χ1n) is 9.15. The quantitative estimate of drug-likeness (QED) is 0.854. The van der Waals surface area contributed by atoms with Gasteiger partial charge in [-0.15, -0.1) is 0 Å². The van der Waals surface area contributed by atoms with Crippen LogP contribution in [0, 0.1) is 5.92 Å². The third kappa shape index (κ3) is 4.50. The van der Waals surface area contributed by atoms with Crippen LogP contribution in [-0.4, -0.2) is 37.1 Å². The third-order valence-electron chi connectivity index (χ3n) is 4.86. The molecule has 2 aromatic carbocycles. The lowest BCUT2D eigenvalue weighted by Gasteiger charge is -2.37. The van der Waals surface area contributed by atoms with Crippen LogP contribution in [0.1, 0.15) is 25.5 Å². The van der Waals surface area contributed by atoms with Crippen LogP contribution in [0.4, 0.5) is 10.5 Å². The van der Waals surface area contributed by atoms with Gasteiger partial charge in [-0.3, -0.25) is 0 Å². The van der Waals surface area contributed by atoms with Crippen molar-refractivity contribution in [1.82, 2.24) is 10.2 Å². The smallest absolute Gasteiger partial charge is 0.318 e. The van der Waals surface area contributed by atoms with Gasteiger partial charge in [0, 0.05) is 36.9 Å². The highest BCUT2D eigenvalue weighted by Crippen LogP contribution is 2.24. The molecule has 1 heterocycles. The van der Waals surface area contributed by atoms with Crippen molar-refractivity contribution in [3.63, 3.8) is 0 Å². The second-order valence-electron chi connectivity index (χ2n) is 7.03. The molecule has 4 nitrogen and oxygen atoms in total. The maximum Gasteiger partial charge on any atom is 0.318 e. The number of carbonyl (C=O) groups excluding carboxylic acids is 1. The molecule has 5 heteroatoms. The van der Waals surface area contributed by atoms with E-state index in [-0.39, 0.29) is 12.1 Å². The molecule has 1 unspecified atom stereocenters. The summed E-state index contributed by atoms with van der Waals surface area (Å²) in [6.07, 6.45) is 0. The largest absolute Gasteiger partial charge is 0.368 e. The molecule has 1 aliphatic rings. The predicted octanol–water partition coefficient (Wildman–Crippen LogP) is 4.57. The normalized spacial score (nSPS) is 15.8. The van der Waals surface area contributed by atoms with E-state index in [9.17, 15) is 4.79 Å². The first-order chi connectivity index (χ1) is 12.5. The van der Waals surface area contributed by atoms with Crippen LogP contribution in [0.15, 0.2) is 54.6 Å². The van der Waals surface area contributed by atoms with E-state index >= 15 is 0 Å². The molecule has 138 valence electrons. The lowest BCUT2D eigenvalue weighted by molar-refractivity contribution is 0.186. The number of amides is 2. The molecule has 1 saturated heterocycles. The number of benzene rings is 2. The number of nitrogens with zero attached hydrogens (tertiary/aromatic N) is 2. The Bertz CT molecular complexity index is 710. The van der Waals surface area contributed by atoms with Gasteiger partial charge in [-0.2, -0.15) is 0 Å². The second-order valence-corrected chi connectivity index (χ2v) is 7.47. The Hall–Kier alpha value is -2.20. The van der Waals surface area contributed by atoms with Crippen molar-refractivity contribution in [2.75, 3.05) is 31.1 Å². The van der Waals surface area contributed by atoms with Gasteiger partial charge in [0.15, 0.2) is 0 Å². The fraction of sp³-hybridized carbons (Fsp3) is 0.381. The fourth-order valence-electron chi connectivity index (χ4n) is 3.34. The Morgan fingerprint density at radius 1 is 0.962 bits per heavy atom. The molecule has 2 amide bonds. The molecule has 0 bridgehead atoms. The van der Waals surface area contributed by atoms with Gasteiger partial charge in [0.1, 0.15) is 0 Å². The summed E-state index contributed by atoms with van der Waals surface area (Å²) in [5, 5.41) is 3.91. The maximum atomic E-state index is 12.8. The summed E-state index contributed by atoms with van der Waals surface area (Å²) in [4.78, 5) is 17.0. The minimum atomic E-state index is -0.0214.